The third-order valence-corrected chi connectivity index (χ3v) is 5.52. The summed E-state index contributed by atoms with van der Waals surface area (Å²) < 4.78 is 20.5. The minimum Gasteiger partial charge on any atom is -0.439 e. The number of hydrogen-bond acceptors (Lipinski definition) is 7. The molecule has 0 aliphatic rings. The Bertz CT molecular complexity index is 1620. The van der Waals surface area contributed by atoms with E-state index in [1.54, 1.807) is 59.3 Å². The summed E-state index contributed by atoms with van der Waals surface area (Å²) in [6.07, 6.45) is 2.98. The largest absolute Gasteiger partial charge is 0.439 e. The molecule has 0 aliphatic carbocycles. The number of carbonyl (C=O) groups is 1. The second-order valence-corrected chi connectivity index (χ2v) is 8.44. The normalized spacial score (nSPS) is 10.7. The predicted octanol–water partition coefficient (Wildman–Crippen LogP) is 4.99. The smallest absolute Gasteiger partial charge is 0.287 e. The summed E-state index contributed by atoms with van der Waals surface area (Å²) in [6.45, 7) is 0.294. The highest BCUT2D eigenvalue weighted by Gasteiger charge is 2.17. The number of ether oxygens (including phenoxy) is 1. The van der Waals surface area contributed by atoms with E-state index >= 15 is 0 Å². The van der Waals surface area contributed by atoms with E-state index in [0.29, 0.717) is 23.0 Å². The molecule has 0 saturated heterocycles. The van der Waals surface area contributed by atoms with E-state index in [9.17, 15) is 14.0 Å². The number of nitrogens with zero attached hydrogens (tertiary/aromatic N) is 4. The molecule has 38 heavy (non-hydrogen) atoms. The topological polar surface area (TPSA) is 127 Å². The van der Waals surface area contributed by atoms with Gasteiger partial charge in [-0.1, -0.05) is 29.8 Å². The summed E-state index contributed by atoms with van der Waals surface area (Å²) in [4.78, 5) is 33.4. The van der Waals surface area contributed by atoms with Gasteiger partial charge in [0, 0.05) is 35.2 Å². The first kappa shape index (κ1) is 24.7. The molecule has 10 nitrogen and oxygen atoms in total. The Balaban J connectivity index is 1.42. The molecule has 3 heterocycles. The summed E-state index contributed by atoms with van der Waals surface area (Å²) in [5.41, 5.74) is 0.590. The average Bonchev–Trinajstić information content (AvgIpc) is 3.41. The Kier molecular flexibility index (Phi) is 7.09. The number of rotatable bonds is 8. The lowest BCUT2D eigenvalue weighted by atomic mass is 10.2. The quantitative estimate of drug-likeness (QED) is 0.241. The molecule has 0 bridgehead atoms. The molecule has 0 saturated carbocycles. The Labute approximate surface area is 220 Å². The highest BCUT2D eigenvalue weighted by Crippen LogP contribution is 2.23. The van der Waals surface area contributed by atoms with E-state index in [1.807, 2.05) is 12.1 Å². The first-order valence-corrected chi connectivity index (χ1v) is 11.7. The van der Waals surface area contributed by atoms with Crippen molar-refractivity contribution in [2.45, 2.75) is 6.54 Å². The molecule has 3 aromatic heterocycles. The first-order valence-electron chi connectivity index (χ1n) is 11.3. The minimum absolute atomic E-state index is 0.118. The van der Waals surface area contributed by atoms with Crippen LogP contribution >= 0.6 is 11.6 Å². The van der Waals surface area contributed by atoms with E-state index < -0.39 is 17.4 Å². The van der Waals surface area contributed by atoms with Gasteiger partial charge in [0.1, 0.15) is 11.3 Å². The van der Waals surface area contributed by atoms with Gasteiger partial charge in [-0.15, -0.1) is 0 Å². The van der Waals surface area contributed by atoms with Crippen LogP contribution in [0.1, 0.15) is 15.9 Å². The van der Waals surface area contributed by atoms with Crippen LogP contribution in [-0.2, 0) is 6.54 Å². The number of hydrogen-bond donors (Lipinski definition) is 3. The molecular formula is C26H19ClFN7O3. The minimum atomic E-state index is -0.718. The van der Waals surface area contributed by atoms with Crippen LogP contribution in [0.25, 0.3) is 0 Å². The zero-order valence-electron chi connectivity index (χ0n) is 19.6. The number of carbonyl (C=O) groups excluding carboxylic acids is 1. The number of aromatic nitrogens is 5. The number of H-pyrrole nitrogens is 1. The number of benzene rings is 2. The maximum absolute atomic E-state index is 13.3. The van der Waals surface area contributed by atoms with Crippen molar-refractivity contribution in [3.8, 4) is 11.6 Å². The van der Waals surface area contributed by atoms with Crippen molar-refractivity contribution in [2.75, 3.05) is 10.6 Å². The first-order chi connectivity index (χ1) is 18.4. The Hall–Kier alpha value is -5.03. The third kappa shape index (κ3) is 6.02. The van der Waals surface area contributed by atoms with Gasteiger partial charge in [-0.25, -0.2) is 0 Å². The molecule has 0 spiro atoms. The van der Waals surface area contributed by atoms with Gasteiger partial charge in [0.15, 0.2) is 5.82 Å². The second-order valence-electron chi connectivity index (χ2n) is 8.00. The van der Waals surface area contributed by atoms with Crippen molar-refractivity contribution >= 4 is 35.0 Å². The van der Waals surface area contributed by atoms with E-state index in [1.165, 1.54) is 18.3 Å². The monoisotopic (exact) mass is 531 g/mol. The van der Waals surface area contributed by atoms with Gasteiger partial charge in [-0.2, -0.15) is 19.5 Å². The third-order valence-electron chi connectivity index (χ3n) is 5.27. The molecule has 0 unspecified atom stereocenters. The Morgan fingerprint density at radius 1 is 1.03 bits per heavy atom. The molecule has 5 rings (SSSR count). The van der Waals surface area contributed by atoms with Crippen molar-refractivity contribution in [3.63, 3.8) is 0 Å². The maximum Gasteiger partial charge on any atom is 0.287 e. The second kappa shape index (κ2) is 10.9. The number of anilines is 3. The molecule has 190 valence electrons. The fourth-order valence-corrected chi connectivity index (χ4v) is 3.60. The molecule has 0 atom stereocenters. The highest BCUT2D eigenvalue weighted by molar-refractivity contribution is 6.30. The highest BCUT2D eigenvalue weighted by atomic mass is 35.5. The predicted molar refractivity (Wildman–Crippen MR) is 140 cm³/mol. The summed E-state index contributed by atoms with van der Waals surface area (Å²) in [6, 6.07) is 19.7. The number of nitrogens with one attached hydrogen (secondary N) is 3. The fourth-order valence-electron chi connectivity index (χ4n) is 3.47. The standard InChI is InChI=1S/C26H19ClFN7O3/c27-17-6-4-16(5-7-17)14-35-15-20(24(36)32-22-12-13-29-34-22)25(37)33-26(35)30-18-8-10-19(11-9-18)38-23-3-1-2-21(28)31-23/h1-13,15H,14H2,(H,30,33,37)(H2,29,32,34,36). The molecule has 0 fully saturated rings. The zero-order chi connectivity index (χ0) is 26.5. The van der Waals surface area contributed by atoms with Gasteiger partial charge in [0.05, 0.1) is 6.54 Å². The summed E-state index contributed by atoms with van der Waals surface area (Å²) in [5, 5.41) is 12.7. The van der Waals surface area contributed by atoms with Crippen molar-refractivity contribution in [1.82, 2.24) is 24.7 Å². The van der Waals surface area contributed by atoms with E-state index in [2.05, 4.69) is 30.8 Å². The van der Waals surface area contributed by atoms with Crippen LogP contribution in [0.5, 0.6) is 11.6 Å². The zero-order valence-corrected chi connectivity index (χ0v) is 20.3. The lowest BCUT2D eigenvalue weighted by molar-refractivity contribution is 0.102. The molecule has 12 heteroatoms. The number of halogens is 2. The van der Waals surface area contributed by atoms with Crippen LogP contribution in [0.3, 0.4) is 0 Å². The summed E-state index contributed by atoms with van der Waals surface area (Å²) in [7, 11) is 0. The molecule has 0 aliphatic heterocycles. The molecule has 5 aromatic rings. The average molecular weight is 532 g/mol. The lowest BCUT2D eigenvalue weighted by Crippen LogP contribution is -2.27. The van der Waals surface area contributed by atoms with Gasteiger partial charge < -0.3 is 19.9 Å². The van der Waals surface area contributed by atoms with Crippen LogP contribution in [0, 0.1) is 5.95 Å². The van der Waals surface area contributed by atoms with Gasteiger partial charge in [-0.3, -0.25) is 14.7 Å². The summed E-state index contributed by atoms with van der Waals surface area (Å²) in [5.74, 6) is -0.248. The van der Waals surface area contributed by atoms with Crippen molar-refractivity contribution in [1.29, 1.82) is 0 Å². The molecule has 3 N–H and O–H groups in total. The summed E-state index contributed by atoms with van der Waals surface area (Å²) >= 11 is 6.01. The maximum atomic E-state index is 13.3. The van der Waals surface area contributed by atoms with Crippen molar-refractivity contribution in [2.24, 2.45) is 0 Å². The van der Waals surface area contributed by atoms with Crippen LogP contribution in [0.4, 0.5) is 21.8 Å². The number of amides is 1. The SMILES string of the molecule is O=C(Nc1cc[nH]n1)c1cn(Cc2ccc(Cl)cc2)c(Nc2ccc(Oc3cccc(F)n3)cc2)nc1=O. The molecule has 0 radical (unpaired) electrons. The van der Waals surface area contributed by atoms with E-state index in [4.69, 9.17) is 16.3 Å². The van der Waals surface area contributed by atoms with Crippen LogP contribution in [-0.4, -0.2) is 30.6 Å². The van der Waals surface area contributed by atoms with Gasteiger partial charge >= 0.3 is 0 Å². The lowest BCUT2D eigenvalue weighted by Gasteiger charge is -2.16. The van der Waals surface area contributed by atoms with Crippen LogP contribution in [0.15, 0.2) is 90.0 Å². The van der Waals surface area contributed by atoms with E-state index in [-0.39, 0.29) is 23.2 Å². The Morgan fingerprint density at radius 2 is 1.82 bits per heavy atom. The molecule has 1 amide bonds. The van der Waals surface area contributed by atoms with Crippen LogP contribution in [0.2, 0.25) is 5.02 Å². The number of pyridine rings is 1. The number of aromatic amines is 1. The Morgan fingerprint density at radius 3 is 2.53 bits per heavy atom. The molecular weight excluding hydrogens is 513 g/mol. The van der Waals surface area contributed by atoms with Gasteiger partial charge in [0.25, 0.3) is 11.5 Å². The van der Waals surface area contributed by atoms with Crippen LogP contribution < -0.4 is 20.9 Å². The van der Waals surface area contributed by atoms with Gasteiger partial charge in [0.2, 0.25) is 17.8 Å². The fraction of sp³-hybridized carbons (Fsp3) is 0.0385. The van der Waals surface area contributed by atoms with Crippen molar-refractivity contribution < 1.29 is 13.9 Å². The molecule has 2 aromatic carbocycles. The van der Waals surface area contributed by atoms with Gasteiger partial charge in [-0.05, 0) is 48.0 Å². The van der Waals surface area contributed by atoms with E-state index in [0.717, 1.165) is 5.56 Å². The van der Waals surface area contributed by atoms with Crippen molar-refractivity contribution in [3.05, 3.63) is 118 Å².